The standard InChI is InChI=1S/C17H21N3O3/c1-10-3-4-12(17-19-11(2)9-22-17)7-14(10)20-16(21)15-6-5-13(8-18)23-15/h3-4,7,9,13,15H,5-6,8,18H2,1-2H3,(H,20,21)/t13-,15+/m1/s1. The molecular weight excluding hydrogens is 294 g/mol. The van der Waals surface area contributed by atoms with Crippen LogP contribution in [0.2, 0.25) is 0 Å². The number of ether oxygens (including phenoxy) is 1. The van der Waals surface area contributed by atoms with Gasteiger partial charge in [-0.1, -0.05) is 6.07 Å². The summed E-state index contributed by atoms with van der Waals surface area (Å²) in [6.45, 7) is 4.26. The molecule has 1 aliphatic heterocycles. The van der Waals surface area contributed by atoms with Crippen molar-refractivity contribution in [2.75, 3.05) is 11.9 Å². The Bertz CT molecular complexity index is 711. The zero-order valence-electron chi connectivity index (χ0n) is 13.3. The number of benzene rings is 1. The minimum Gasteiger partial charge on any atom is -0.444 e. The van der Waals surface area contributed by atoms with Crippen LogP contribution in [0.25, 0.3) is 11.5 Å². The summed E-state index contributed by atoms with van der Waals surface area (Å²) in [5.41, 5.74) is 8.94. The number of carbonyl (C=O) groups excluding carboxylic acids is 1. The summed E-state index contributed by atoms with van der Waals surface area (Å²) in [5.74, 6) is 0.406. The molecule has 23 heavy (non-hydrogen) atoms. The van der Waals surface area contributed by atoms with E-state index in [0.717, 1.165) is 28.9 Å². The molecule has 122 valence electrons. The lowest BCUT2D eigenvalue weighted by atomic mass is 10.1. The van der Waals surface area contributed by atoms with Crippen LogP contribution in [0.3, 0.4) is 0 Å². The third-order valence-electron chi connectivity index (χ3n) is 4.02. The lowest BCUT2D eigenvalue weighted by molar-refractivity contribution is -0.126. The summed E-state index contributed by atoms with van der Waals surface area (Å²) >= 11 is 0. The molecule has 0 radical (unpaired) electrons. The number of anilines is 1. The predicted octanol–water partition coefficient (Wildman–Crippen LogP) is 2.40. The van der Waals surface area contributed by atoms with Crippen LogP contribution in [0.4, 0.5) is 5.69 Å². The average Bonchev–Trinajstić information content (AvgIpc) is 3.18. The Morgan fingerprint density at radius 3 is 2.87 bits per heavy atom. The number of aromatic nitrogens is 1. The van der Waals surface area contributed by atoms with E-state index >= 15 is 0 Å². The summed E-state index contributed by atoms with van der Waals surface area (Å²) in [6, 6.07) is 5.73. The van der Waals surface area contributed by atoms with E-state index in [9.17, 15) is 4.79 Å². The quantitative estimate of drug-likeness (QED) is 0.904. The van der Waals surface area contributed by atoms with Crippen LogP contribution < -0.4 is 11.1 Å². The van der Waals surface area contributed by atoms with Crippen LogP contribution in [0.15, 0.2) is 28.9 Å². The molecule has 2 heterocycles. The van der Waals surface area contributed by atoms with Gasteiger partial charge in [0, 0.05) is 17.8 Å². The molecule has 1 amide bonds. The monoisotopic (exact) mass is 315 g/mol. The van der Waals surface area contributed by atoms with Crippen molar-refractivity contribution in [3.8, 4) is 11.5 Å². The molecule has 1 saturated heterocycles. The fourth-order valence-electron chi connectivity index (χ4n) is 2.66. The molecule has 1 fully saturated rings. The number of nitrogens with two attached hydrogens (primary N) is 1. The number of oxazole rings is 1. The molecule has 6 heteroatoms. The molecule has 0 bridgehead atoms. The number of nitrogens with zero attached hydrogens (tertiary/aromatic N) is 1. The van der Waals surface area contributed by atoms with Crippen molar-refractivity contribution in [1.29, 1.82) is 0 Å². The molecule has 1 aromatic carbocycles. The summed E-state index contributed by atoms with van der Waals surface area (Å²) in [6.07, 6.45) is 2.67. The fraction of sp³-hybridized carbons (Fsp3) is 0.412. The predicted molar refractivity (Wildman–Crippen MR) is 87.0 cm³/mol. The summed E-state index contributed by atoms with van der Waals surface area (Å²) in [7, 11) is 0. The zero-order chi connectivity index (χ0) is 16.4. The topological polar surface area (TPSA) is 90.4 Å². The Balaban J connectivity index is 1.76. The molecule has 0 spiro atoms. The molecule has 1 aliphatic rings. The minimum absolute atomic E-state index is 0.0199. The normalized spacial score (nSPS) is 20.7. The molecule has 0 unspecified atom stereocenters. The Morgan fingerprint density at radius 2 is 2.22 bits per heavy atom. The van der Waals surface area contributed by atoms with Crippen molar-refractivity contribution < 1.29 is 13.9 Å². The zero-order valence-corrected chi connectivity index (χ0v) is 13.3. The van der Waals surface area contributed by atoms with Crippen molar-refractivity contribution in [3.05, 3.63) is 35.7 Å². The van der Waals surface area contributed by atoms with Crippen molar-refractivity contribution in [2.45, 2.75) is 38.9 Å². The van der Waals surface area contributed by atoms with Crippen LogP contribution in [0.5, 0.6) is 0 Å². The number of rotatable bonds is 4. The lowest BCUT2D eigenvalue weighted by Crippen LogP contribution is -2.30. The first-order valence-electron chi connectivity index (χ1n) is 7.76. The summed E-state index contributed by atoms with van der Waals surface area (Å²) in [4.78, 5) is 16.7. The second-order valence-electron chi connectivity index (χ2n) is 5.87. The highest BCUT2D eigenvalue weighted by molar-refractivity contribution is 5.95. The number of hydrogen-bond donors (Lipinski definition) is 2. The van der Waals surface area contributed by atoms with E-state index in [2.05, 4.69) is 10.3 Å². The van der Waals surface area contributed by atoms with Gasteiger partial charge in [0.15, 0.2) is 0 Å². The number of amides is 1. The number of carbonyl (C=O) groups is 1. The Hall–Kier alpha value is -2.18. The maximum atomic E-state index is 12.4. The van der Waals surface area contributed by atoms with Gasteiger partial charge in [-0.3, -0.25) is 4.79 Å². The van der Waals surface area contributed by atoms with Crippen molar-refractivity contribution in [3.63, 3.8) is 0 Å². The third kappa shape index (κ3) is 3.43. The second kappa shape index (κ2) is 6.52. The van der Waals surface area contributed by atoms with Gasteiger partial charge in [-0.15, -0.1) is 0 Å². The van der Waals surface area contributed by atoms with Gasteiger partial charge in [0.25, 0.3) is 5.91 Å². The van der Waals surface area contributed by atoms with Crippen LogP contribution >= 0.6 is 0 Å². The molecule has 2 atom stereocenters. The van der Waals surface area contributed by atoms with Gasteiger partial charge in [0.1, 0.15) is 12.4 Å². The van der Waals surface area contributed by atoms with E-state index in [-0.39, 0.29) is 12.0 Å². The highest BCUT2D eigenvalue weighted by atomic mass is 16.5. The minimum atomic E-state index is -0.435. The second-order valence-corrected chi connectivity index (χ2v) is 5.87. The SMILES string of the molecule is Cc1coc(-c2ccc(C)c(NC(=O)[C@@H]3CC[C@H](CN)O3)c2)n1. The van der Waals surface area contributed by atoms with Gasteiger partial charge in [0.05, 0.1) is 11.8 Å². The van der Waals surface area contributed by atoms with Crippen molar-refractivity contribution >= 4 is 11.6 Å². The first-order chi connectivity index (χ1) is 11.1. The number of hydrogen-bond acceptors (Lipinski definition) is 5. The van der Waals surface area contributed by atoms with E-state index in [1.165, 1.54) is 0 Å². The molecular formula is C17H21N3O3. The van der Waals surface area contributed by atoms with E-state index in [1.54, 1.807) is 6.26 Å². The third-order valence-corrected chi connectivity index (χ3v) is 4.02. The molecule has 1 aromatic heterocycles. The Kier molecular flexibility index (Phi) is 4.45. The largest absolute Gasteiger partial charge is 0.444 e. The maximum absolute atomic E-state index is 12.4. The van der Waals surface area contributed by atoms with Crippen LogP contribution in [-0.2, 0) is 9.53 Å². The van der Waals surface area contributed by atoms with Gasteiger partial charge >= 0.3 is 0 Å². The maximum Gasteiger partial charge on any atom is 0.253 e. The van der Waals surface area contributed by atoms with E-state index in [0.29, 0.717) is 18.9 Å². The van der Waals surface area contributed by atoms with Crippen LogP contribution in [0, 0.1) is 13.8 Å². The van der Waals surface area contributed by atoms with E-state index in [4.69, 9.17) is 14.9 Å². The molecule has 3 rings (SSSR count). The highest BCUT2D eigenvalue weighted by Crippen LogP contribution is 2.26. The van der Waals surface area contributed by atoms with Crippen LogP contribution in [0.1, 0.15) is 24.1 Å². The highest BCUT2D eigenvalue weighted by Gasteiger charge is 2.30. The van der Waals surface area contributed by atoms with Crippen LogP contribution in [-0.4, -0.2) is 29.6 Å². The number of nitrogens with one attached hydrogen (secondary N) is 1. The summed E-state index contributed by atoms with van der Waals surface area (Å²) in [5, 5.41) is 2.94. The Labute approximate surface area is 135 Å². The van der Waals surface area contributed by atoms with E-state index in [1.807, 2.05) is 32.0 Å². The first-order valence-corrected chi connectivity index (χ1v) is 7.76. The average molecular weight is 315 g/mol. The van der Waals surface area contributed by atoms with Gasteiger partial charge < -0.3 is 20.2 Å². The smallest absolute Gasteiger partial charge is 0.253 e. The van der Waals surface area contributed by atoms with Crippen molar-refractivity contribution in [2.24, 2.45) is 5.73 Å². The molecule has 0 aliphatic carbocycles. The van der Waals surface area contributed by atoms with E-state index < -0.39 is 6.10 Å². The number of aryl methyl sites for hydroxylation is 2. The first kappa shape index (κ1) is 15.7. The fourth-order valence-corrected chi connectivity index (χ4v) is 2.66. The van der Waals surface area contributed by atoms with Gasteiger partial charge in [-0.25, -0.2) is 4.98 Å². The molecule has 2 aromatic rings. The molecule has 0 saturated carbocycles. The van der Waals surface area contributed by atoms with Gasteiger partial charge in [-0.05, 0) is 44.4 Å². The van der Waals surface area contributed by atoms with Gasteiger partial charge in [0.2, 0.25) is 5.89 Å². The van der Waals surface area contributed by atoms with Crippen molar-refractivity contribution in [1.82, 2.24) is 4.98 Å². The van der Waals surface area contributed by atoms with Gasteiger partial charge in [-0.2, -0.15) is 0 Å². The Morgan fingerprint density at radius 1 is 1.39 bits per heavy atom. The molecule has 3 N–H and O–H groups in total. The molecule has 6 nitrogen and oxygen atoms in total. The summed E-state index contributed by atoms with van der Waals surface area (Å²) < 4.78 is 11.1. The lowest BCUT2D eigenvalue weighted by Gasteiger charge is -2.14.